The highest BCUT2D eigenvalue weighted by atomic mass is 32.1. The van der Waals surface area contributed by atoms with Crippen molar-refractivity contribution in [3.63, 3.8) is 0 Å². The van der Waals surface area contributed by atoms with Crippen LogP contribution in [0.4, 0.5) is 0 Å². The Morgan fingerprint density at radius 2 is 2.00 bits per heavy atom. The Labute approximate surface area is 134 Å². The van der Waals surface area contributed by atoms with E-state index in [1.807, 2.05) is 11.3 Å². The summed E-state index contributed by atoms with van der Waals surface area (Å²) in [4.78, 5) is 4.82. The summed E-state index contributed by atoms with van der Waals surface area (Å²) in [6, 6.07) is 15.2. The summed E-state index contributed by atoms with van der Waals surface area (Å²) < 4.78 is 3.72. The second-order valence-corrected chi connectivity index (χ2v) is 6.63. The number of aromatic nitrogens is 2. The second kappa shape index (κ2) is 5.25. The van der Waals surface area contributed by atoms with Crippen LogP contribution in [0, 0.1) is 6.92 Å². The number of aryl methyl sites for hydroxylation is 2. The molecule has 3 heteroatoms. The number of imidazole rings is 1. The maximum Gasteiger partial charge on any atom is 0.109 e. The Morgan fingerprint density at radius 3 is 2.86 bits per heavy atom. The average Bonchev–Trinajstić information content (AvgIpc) is 3.09. The van der Waals surface area contributed by atoms with Crippen molar-refractivity contribution >= 4 is 32.5 Å². The SMILES string of the molecule is CCc1nc2cc(C)ccc2n1Cc1csc2ccccc12. The van der Waals surface area contributed by atoms with Crippen LogP contribution in [0.15, 0.2) is 47.8 Å². The van der Waals surface area contributed by atoms with Crippen molar-refractivity contribution in [2.24, 2.45) is 0 Å². The van der Waals surface area contributed by atoms with E-state index in [-0.39, 0.29) is 0 Å². The lowest BCUT2D eigenvalue weighted by molar-refractivity contribution is 0.758. The van der Waals surface area contributed by atoms with Gasteiger partial charge in [-0.15, -0.1) is 11.3 Å². The lowest BCUT2D eigenvalue weighted by Crippen LogP contribution is -2.03. The van der Waals surface area contributed by atoms with Gasteiger partial charge in [0.15, 0.2) is 0 Å². The molecule has 2 nitrogen and oxygen atoms in total. The fourth-order valence-electron chi connectivity index (χ4n) is 3.06. The van der Waals surface area contributed by atoms with Gasteiger partial charge in [0.2, 0.25) is 0 Å². The zero-order valence-electron chi connectivity index (χ0n) is 12.8. The van der Waals surface area contributed by atoms with Gasteiger partial charge >= 0.3 is 0 Å². The Bertz CT molecular complexity index is 962. The van der Waals surface area contributed by atoms with Crippen molar-refractivity contribution in [1.82, 2.24) is 9.55 Å². The molecule has 2 aromatic carbocycles. The van der Waals surface area contributed by atoms with Crippen LogP contribution in [-0.2, 0) is 13.0 Å². The van der Waals surface area contributed by atoms with Crippen molar-refractivity contribution in [2.45, 2.75) is 26.8 Å². The number of fused-ring (bicyclic) bond motifs is 2. The molecule has 0 aliphatic rings. The van der Waals surface area contributed by atoms with Gasteiger partial charge in [0.1, 0.15) is 5.82 Å². The van der Waals surface area contributed by atoms with Crippen LogP contribution >= 0.6 is 11.3 Å². The highest BCUT2D eigenvalue weighted by Crippen LogP contribution is 2.28. The largest absolute Gasteiger partial charge is 0.323 e. The van der Waals surface area contributed by atoms with Crippen LogP contribution in [0.1, 0.15) is 23.9 Å². The molecule has 22 heavy (non-hydrogen) atoms. The predicted molar refractivity (Wildman–Crippen MR) is 94.8 cm³/mol. The van der Waals surface area contributed by atoms with E-state index >= 15 is 0 Å². The quantitative estimate of drug-likeness (QED) is 0.510. The van der Waals surface area contributed by atoms with Gasteiger partial charge in [-0.2, -0.15) is 0 Å². The van der Waals surface area contributed by atoms with Gasteiger partial charge in [0, 0.05) is 11.1 Å². The highest BCUT2D eigenvalue weighted by molar-refractivity contribution is 7.17. The molecular weight excluding hydrogens is 288 g/mol. The molecule has 0 saturated heterocycles. The number of hydrogen-bond donors (Lipinski definition) is 0. The van der Waals surface area contributed by atoms with E-state index in [4.69, 9.17) is 4.98 Å². The summed E-state index contributed by atoms with van der Waals surface area (Å²) in [6.07, 6.45) is 0.954. The van der Waals surface area contributed by atoms with Gasteiger partial charge in [-0.25, -0.2) is 4.98 Å². The Balaban J connectivity index is 1.87. The van der Waals surface area contributed by atoms with E-state index in [9.17, 15) is 0 Å². The molecule has 0 bridgehead atoms. The van der Waals surface area contributed by atoms with Crippen molar-refractivity contribution in [1.29, 1.82) is 0 Å². The van der Waals surface area contributed by atoms with E-state index in [0.717, 1.165) is 24.3 Å². The topological polar surface area (TPSA) is 17.8 Å². The third-order valence-corrected chi connectivity index (χ3v) is 5.20. The van der Waals surface area contributed by atoms with Gasteiger partial charge in [0.05, 0.1) is 17.6 Å². The molecule has 0 unspecified atom stereocenters. The van der Waals surface area contributed by atoms with E-state index in [0.29, 0.717) is 0 Å². The van der Waals surface area contributed by atoms with Crippen LogP contribution in [0.25, 0.3) is 21.1 Å². The number of nitrogens with zero attached hydrogens (tertiary/aromatic N) is 2. The van der Waals surface area contributed by atoms with Crippen molar-refractivity contribution in [3.8, 4) is 0 Å². The summed E-state index contributed by atoms with van der Waals surface area (Å²) >= 11 is 1.82. The fourth-order valence-corrected chi connectivity index (χ4v) is 4.02. The molecule has 0 aliphatic heterocycles. The summed E-state index contributed by atoms with van der Waals surface area (Å²) in [5, 5.41) is 3.65. The third-order valence-electron chi connectivity index (χ3n) is 4.19. The number of thiophene rings is 1. The Morgan fingerprint density at radius 1 is 1.14 bits per heavy atom. The molecule has 2 heterocycles. The standard InChI is InChI=1S/C19H18N2S/c1-3-19-20-16-10-13(2)8-9-17(16)21(19)11-14-12-22-18-7-5-4-6-15(14)18/h4-10,12H,3,11H2,1-2H3. The third kappa shape index (κ3) is 2.13. The minimum absolute atomic E-state index is 0.896. The molecule has 0 N–H and O–H groups in total. The highest BCUT2D eigenvalue weighted by Gasteiger charge is 2.12. The molecule has 0 aliphatic carbocycles. The first-order valence-electron chi connectivity index (χ1n) is 7.67. The summed E-state index contributed by atoms with van der Waals surface area (Å²) in [5.74, 6) is 1.16. The van der Waals surface area contributed by atoms with Gasteiger partial charge in [-0.05, 0) is 47.0 Å². The van der Waals surface area contributed by atoms with E-state index < -0.39 is 0 Å². The molecule has 4 aromatic rings. The smallest absolute Gasteiger partial charge is 0.109 e. The van der Waals surface area contributed by atoms with Gasteiger partial charge in [-0.1, -0.05) is 31.2 Å². The maximum absolute atomic E-state index is 4.82. The number of rotatable bonds is 3. The van der Waals surface area contributed by atoms with E-state index in [1.54, 1.807) is 0 Å². The average molecular weight is 306 g/mol. The van der Waals surface area contributed by atoms with Crippen molar-refractivity contribution < 1.29 is 0 Å². The zero-order valence-corrected chi connectivity index (χ0v) is 13.7. The maximum atomic E-state index is 4.82. The summed E-state index contributed by atoms with van der Waals surface area (Å²) in [7, 11) is 0. The minimum Gasteiger partial charge on any atom is -0.323 e. The van der Waals surface area contributed by atoms with Crippen LogP contribution in [0.3, 0.4) is 0 Å². The van der Waals surface area contributed by atoms with Crippen LogP contribution in [-0.4, -0.2) is 9.55 Å². The lowest BCUT2D eigenvalue weighted by Gasteiger charge is -2.08. The Hall–Kier alpha value is -2.13. The second-order valence-electron chi connectivity index (χ2n) is 5.72. The van der Waals surface area contributed by atoms with Crippen LogP contribution < -0.4 is 0 Å². The van der Waals surface area contributed by atoms with Crippen molar-refractivity contribution in [3.05, 3.63) is 64.8 Å². The van der Waals surface area contributed by atoms with Gasteiger partial charge < -0.3 is 4.57 Å². The van der Waals surface area contributed by atoms with Crippen LogP contribution in [0.5, 0.6) is 0 Å². The Kier molecular flexibility index (Phi) is 3.23. The van der Waals surface area contributed by atoms with Crippen LogP contribution in [0.2, 0.25) is 0 Å². The van der Waals surface area contributed by atoms with Gasteiger partial charge in [0.25, 0.3) is 0 Å². The zero-order chi connectivity index (χ0) is 15.1. The summed E-state index contributed by atoms with van der Waals surface area (Å²) in [6.45, 7) is 5.19. The summed E-state index contributed by atoms with van der Waals surface area (Å²) in [5.41, 5.74) is 4.99. The number of benzene rings is 2. The molecular formula is C19H18N2S. The molecule has 0 fully saturated rings. The van der Waals surface area contributed by atoms with Gasteiger partial charge in [-0.3, -0.25) is 0 Å². The molecule has 0 amide bonds. The van der Waals surface area contributed by atoms with E-state index in [1.165, 1.54) is 26.7 Å². The monoisotopic (exact) mass is 306 g/mol. The molecule has 2 aromatic heterocycles. The number of hydrogen-bond acceptors (Lipinski definition) is 2. The molecule has 0 spiro atoms. The first kappa shape index (κ1) is 13.5. The first-order chi connectivity index (χ1) is 10.8. The predicted octanol–water partition coefficient (Wildman–Crippen LogP) is 5.17. The fraction of sp³-hybridized carbons (Fsp3) is 0.211. The lowest BCUT2D eigenvalue weighted by atomic mass is 10.1. The normalized spacial score (nSPS) is 11.5. The van der Waals surface area contributed by atoms with Crippen molar-refractivity contribution in [2.75, 3.05) is 0 Å². The molecule has 110 valence electrons. The molecule has 0 atom stereocenters. The minimum atomic E-state index is 0.896. The molecule has 4 rings (SSSR count). The first-order valence-corrected chi connectivity index (χ1v) is 8.55. The van der Waals surface area contributed by atoms with E-state index in [2.05, 4.69) is 66.3 Å². The molecule has 0 radical (unpaired) electrons. The molecule has 0 saturated carbocycles.